The number of carbonyl (C=O) groups excluding carboxylic acids is 2. The highest BCUT2D eigenvalue weighted by Gasteiger charge is 2.54. The summed E-state index contributed by atoms with van der Waals surface area (Å²) in [6.45, 7) is 0.611. The number of halogens is 1. The van der Waals surface area contributed by atoms with Crippen molar-refractivity contribution in [3.8, 4) is 11.5 Å². The van der Waals surface area contributed by atoms with Crippen LogP contribution in [-0.4, -0.2) is 43.4 Å². The van der Waals surface area contributed by atoms with Crippen molar-refractivity contribution >= 4 is 27.6 Å². The number of carbonyl (C=O) groups is 2. The summed E-state index contributed by atoms with van der Waals surface area (Å²) in [6.07, 6.45) is 4.32. The zero-order valence-corrected chi connectivity index (χ0v) is 14.5. The molecule has 4 rings (SSSR count). The van der Waals surface area contributed by atoms with Gasteiger partial charge < -0.3 is 14.4 Å². The Morgan fingerprint density at radius 2 is 2.22 bits per heavy atom. The van der Waals surface area contributed by atoms with Gasteiger partial charge in [-0.2, -0.15) is 0 Å². The summed E-state index contributed by atoms with van der Waals surface area (Å²) < 4.78 is 12.3. The quantitative estimate of drug-likeness (QED) is 0.754. The minimum Gasteiger partial charge on any atom is -0.493 e. The van der Waals surface area contributed by atoms with Crippen LogP contribution >= 0.6 is 15.9 Å². The second kappa shape index (κ2) is 4.84. The maximum Gasteiger partial charge on any atom is 0.255 e. The number of ether oxygens (including phenoxy) is 2. The van der Waals surface area contributed by atoms with Gasteiger partial charge >= 0.3 is 0 Å². The van der Waals surface area contributed by atoms with Crippen LogP contribution in [0.2, 0.25) is 0 Å². The van der Waals surface area contributed by atoms with Gasteiger partial charge in [0.15, 0.2) is 17.3 Å². The summed E-state index contributed by atoms with van der Waals surface area (Å²) in [4.78, 5) is 26.4. The SMILES string of the molecule is COc1cc(Br)c2c3c1O[C@H]1CC(=O)C=C[C@@]31CCN(C)C2=O. The Hall–Kier alpha value is -1.82. The minimum atomic E-state index is -0.448. The van der Waals surface area contributed by atoms with E-state index in [-0.39, 0.29) is 17.8 Å². The van der Waals surface area contributed by atoms with Gasteiger partial charge in [-0.05, 0) is 34.5 Å². The van der Waals surface area contributed by atoms with Gasteiger partial charge in [-0.1, -0.05) is 6.08 Å². The summed E-state index contributed by atoms with van der Waals surface area (Å²) in [5.41, 5.74) is 1.02. The predicted octanol–water partition coefficient (Wildman–Crippen LogP) is 2.46. The van der Waals surface area contributed by atoms with Crippen molar-refractivity contribution in [2.75, 3.05) is 20.7 Å². The molecule has 1 aliphatic carbocycles. The normalized spacial score (nSPS) is 28.1. The molecule has 0 bridgehead atoms. The first-order chi connectivity index (χ1) is 11.0. The molecule has 2 aliphatic heterocycles. The fraction of sp³-hybridized carbons (Fsp3) is 0.412. The van der Waals surface area contributed by atoms with Crippen LogP contribution in [-0.2, 0) is 10.2 Å². The largest absolute Gasteiger partial charge is 0.493 e. The molecule has 1 amide bonds. The third-order valence-corrected chi connectivity index (χ3v) is 5.72. The summed E-state index contributed by atoms with van der Waals surface area (Å²) in [5.74, 6) is 1.19. The molecule has 0 radical (unpaired) electrons. The maximum absolute atomic E-state index is 12.8. The van der Waals surface area contributed by atoms with E-state index in [1.807, 2.05) is 6.08 Å². The molecule has 1 aromatic carbocycles. The van der Waals surface area contributed by atoms with E-state index in [0.29, 0.717) is 34.5 Å². The smallest absolute Gasteiger partial charge is 0.255 e. The monoisotopic (exact) mass is 377 g/mol. The van der Waals surface area contributed by atoms with E-state index in [0.717, 1.165) is 12.0 Å². The number of rotatable bonds is 1. The lowest BCUT2D eigenvalue weighted by atomic mass is 9.69. The van der Waals surface area contributed by atoms with Gasteiger partial charge in [0.05, 0.1) is 18.1 Å². The Kier molecular flexibility index (Phi) is 3.10. The van der Waals surface area contributed by atoms with Crippen LogP contribution in [0.4, 0.5) is 0 Å². The first-order valence-electron chi connectivity index (χ1n) is 7.53. The highest BCUT2D eigenvalue weighted by molar-refractivity contribution is 9.10. The topological polar surface area (TPSA) is 55.8 Å². The number of methoxy groups -OCH3 is 1. The Balaban J connectivity index is 2.07. The Morgan fingerprint density at radius 3 is 2.96 bits per heavy atom. The van der Waals surface area contributed by atoms with Crippen molar-refractivity contribution in [3.63, 3.8) is 0 Å². The van der Waals surface area contributed by atoms with Gasteiger partial charge in [-0.25, -0.2) is 0 Å². The zero-order valence-electron chi connectivity index (χ0n) is 12.9. The molecule has 1 spiro atoms. The first kappa shape index (κ1) is 14.8. The van der Waals surface area contributed by atoms with Crippen LogP contribution in [0, 0.1) is 0 Å². The van der Waals surface area contributed by atoms with Gasteiger partial charge in [0.25, 0.3) is 5.91 Å². The lowest BCUT2D eigenvalue weighted by Crippen LogP contribution is -2.41. The highest BCUT2D eigenvalue weighted by atomic mass is 79.9. The predicted molar refractivity (Wildman–Crippen MR) is 87.1 cm³/mol. The molecule has 1 aromatic rings. The van der Waals surface area contributed by atoms with Crippen LogP contribution in [0.3, 0.4) is 0 Å². The van der Waals surface area contributed by atoms with Crippen LogP contribution in [0.15, 0.2) is 22.7 Å². The molecule has 0 fully saturated rings. The maximum atomic E-state index is 12.8. The van der Waals surface area contributed by atoms with E-state index in [1.165, 1.54) is 0 Å². The number of benzene rings is 1. The molecule has 0 saturated heterocycles. The lowest BCUT2D eigenvalue weighted by Gasteiger charge is -2.33. The second-order valence-electron chi connectivity index (χ2n) is 6.27. The van der Waals surface area contributed by atoms with Crippen LogP contribution < -0.4 is 9.47 Å². The molecular formula is C17H16BrNO4. The van der Waals surface area contributed by atoms with Gasteiger partial charge in [0.1, 0.15) is 6.10 Å². The Bertz CT molecular complexity index is 772. The van der Waals surface area contributed by atoms with E-state index in [4.69, 9.17) is 9.47 Å². The molecule has 5 nitrogen and oxygen atoms in total. The van der Waals surface area contributed by atoms with E-state index in [2.05, 4.69) is 15.9 Å². The standard InChI is InChI=1S/C17H16BrNO4/c1-19-6-5-17-4-3-9(20)7-12(17)23-15-11(22-2)8-10(18)13(14(15)17)16(19)21/h3-4,8,12H,5-7H2,1-2H3/t12-,17-/m0/s1. The summed E-state index contributed by atoms with van der Waals surface area (Å²) in [7, 11) is 3.38. The Morgan fingerprint density at radius 1 is 1.43 bits per heavy atom. The molecule has 0 saturated carbocycles. The lowest BCUT2D eigenvalue weighted by molar-refractivity contribution is -0.117. The van der Waals surface area contributed by atoms with Crippen molar-refractivity contribution in [1.29, 1.82) is 0 Å². The first-order valence-corrected chi connectivity index (χ1v) is 8.32. The molecule has 0 unspecified atom stereocenters. The fourth-order valence-corrected chi connectivity index (χ4v) is 4.44. The molecular weight excluding hydrogens is 362 g/mol. The molecule has 0 aromatic heterocycles. The van der Waals surface area contributed by atoms with Gasteiger partial charge in [-0.3, -0.25) is 9.59 Å². The van der Waals surface area contributed by atoms with Crippen molar-refractivity contribution < 1.29 is 19.1 Å². The summed E-state index contributed by atoms with van der Waals surface area (Å²) in [6, 6.07) is 1.77. The van der Waals surface area contributed by atoms with Gasteiger partial charge in [-0.15, -0.1) is 0 Å². The van der Waals surface area contributed by atoms with E-state index in [1.54, 1.807) is 31.2 Å². The second-order valence-corrected chi connectivity index (χ2v) is 7.12. The number of allylic oxidation sites excluding steroid dienone is 1. The van der Waals surface area contributed by atoms with Crippen molar-refractivity contribution in [2.24, 2.45) is 0 Å². The summed E-state index contributed by atoms with van der Waals surface area (Å²) in [5, 5.41) is 0. The number of amides is 1. The molecule has 6 heteroatoms. The molecule has 3 aliphatic rings. The molecule has 0 N–H and O–H groups in total. The summed E-state index contributed by atoms with van der Waals surface area (Å²) >= 11 is 3.52. The Labute approximate surface area is 142 Å². The number of hydrogen-bond acceptors (Lipinski definition) is 4. The van der Waals surface area contributed by atoms with Crippen LogP contribution in [0.5, 0.6) is 11.5 Å². The van der Waals surface area contributed by atoms with Crippen LogP contribution in [0.25, 0.3) is 0 Å². The van der Waals surface area contributed by atoms with E-state index < -0.39 is 5.41 Å². The number of hydrogen-bond donors (Lipinski definition) is 0. The molecule has 23 heavy (non-hydrogen) atoms. The van der Waals surface area contributed by atoms with Gasteiger partial charge in [0, 0.05) is 30.0 Å². The zero-order chi connectivity index (χ0) is 16.4. The van der Waals surface area contributed by atoms with Crippen LogP contribution in [0.1, 0.15) is 28.8 Å². The number of nitrogens with zero attached hydrogens (tertiary/aromatic N) is 1. The van der Waals surface area contributed by atoms with Gasteiger partial charge in [0.2, 0.25) is 0 Å². The highest BCUT2D eigenvalue weighted by Crippen LogP contribution is 2.56. The molecule has 120 valence electrons. The average Bonchev–Trinajstić information content (AvgIpc) is 2.80. The molecule has 2 atom stereocenters. The molecule has 2 heterocycles. The van der Waals surface area contributed by atoms with E-state index in [9.17, 15) is 9.59 Å². The van der Waals surface area contributed by atoms with E-state index >= 15 is 0 Å². The third kappa shape index (κ3) is 1.84. The minimum absolute atomic E-state index is 0.0396. The number of ketones is 1. The van der Waals surface area contributed by atoms with Crippen molar-refractivity contribution in [1.82, 2.24) is 4.90 Å². The third-order valence-electron chi connectivity index (χ3n) is 5.09. The van der Waals surface area contributed by atoms with Crippen molar-refractivity contribution in [3.05, 3.63) is 33.8 Å². The van der Waals surface area contributed by atoms with Crippen molar-refractivity contribution in [2.45, 2.75) is 24.4 Å². The fourth-order valence-electron chi connectivity index (χ4n) is 3.86. The average molecular weight is 378 g/mol.